The molecule has 41 heavy (non-hydrogen) atoms. The molecule has 5 N–H and O–H groups in total. The summed E-state index contributed by atoms with van der Waals surface area (Å²) in [4.78, 5) is 12.4. The van der Waals surface area contributed by atoms with E-state index in [4.69, 9.17) is 0 Å². The van der Waals surface area contributed by atoms with Gasteiger partial charge in [-0.1, -0.05) is 36.4 Å². The van der Waals surface area contributed by atoms with Gasteiger partial charge in [0, 0.05) is 24.7 Å². The second-order valence-corrected chi connectivity index (χ2v) is 11.5. The van der Waals surface area contributed by atoms with Crippen LogP contribution in [0.4, 0.5) is 23.2 Å². The fourth-order valence-electron chi connectivity index (χ4n) is 4.07. The molecule has 0 aliphatic rings. The van der Waals surface area contributed by atoms with E-state index < -0.39 is 39.6 Å². The minimum absolute atomic E-state index is 0.0126. The number of sulfonamides is 1. The lowest BCUT2D eigenvalue weighted by atomic mass is 10.0. The number of rotatable bonds is 12. The van der Waals surface area contributed by atoms with E-state index in [-0.39, 0.29) is 42.6 Å². The van der Waals surface area contributed by atoms with Crippen LogP contribution in [-0.4, -0.2) is 43.4 Å². The molecule has 222 valence electrons. The number of carbonyl (C=O) groups is 1. The predicted octanol–water partition coefficient (Wildman–Crippen LogP) is 4.03. The molecule has 0 aromatic heterocycles. The highest BCUT2D eigenvalue weighted by molar-refractivity contribution is 7.92. The molecule has 1 amide bonds. The van der Waals surface area contributed by atoms with Crippen molar-refractivity contribution in [3.8, 4) is 5.75 Å². The van der Waals surface area contributed by atoms with Crippen molar-refractivity contribution in [1.29, 1.82) is 0 Å². The Bertz CT molecular complexity index is 1480. The van der Waals surface area contributed by atoms with Gasteiger partial charge in [0.2, 0.25) is 15.9 Å². The number of alkyl halides is 3. The molecule has 0 fully saturated rings. The average Bonchev–Trinajstić information content (AvgIpc) is 2.86. The summed E-state index contributed by atoms with van der Waals surface area (Å²) < 4.78 is 77.3. The topological polar surface area (TPSA) is 128 Å². The van der Waals surface area contributed by atoms with E-state index in [1.165, 1.54) is 18.2 Å². The van der Waals surface area contributed by atoms with Gasteiger partial charge in [0.1, 0.15) is 11.6 Å². The van der Waals surface area contributed by atoms with E-state index in [0.29, 0.717) is 23.6 Å². The Balaban J connectivity index is 1.51. The van der Waals surface area contributed by atoms with Crippen LogP contribution in [0.3, 0.4) is 0 Å². The monoisotopic (exact) mass is 597 g/mol. The van der Waals surface area contributed by atoms with Gasteiger partial charge in [0.15, 0.2) is 0 Å². The number of aliphatic hydroxyl groups excluding tert-OH is 1. The van der Waals surface area contributed by atoms with Gasteiger partial charge in [-0.25, -0.2) is 12.8 Å². The number of benzene rings is 3. The van der Waals surface area contributed by atoms with Crippen molar-refractivity contribution < 1.29 is 41.0 Å². The van der Waals surface area contributed by atoms with Crippen LogP contribution in [0, 0.1) is 5.82 Å². The first kappa shape index (κ1) is 31.8. The number of amides is 1. The lowest BCUT2D eigenvalue weighted by Crippen LogP contribution is -2.32. The first-order chi connectivity index (χ1) is 19.1. The summed E-state index contributed by atoms with van der Waals surface area (Å²) in [6.45, 7) is 1.80. The van der Waals surface area contributed by atoms with Gasteiger partial charge in [-0.2, -0.15) is 13.2 Å². The van der Waals surface area contributed by atoms with Crippen molar-refractivity contribution in [3.63, 3.8) is 0 Å². The van der Waals surface area contributed by atoms with Crippen molar-refractivity contribution in [3.05, 3.63) is 94.3 Å². The summed E-state index contributed by atoms with van der Waals surface area (Å²) in [5, 5.41) is 26.1. The summed E-state index contributed by atoms with van der Waals surface area (Å²) in [5.74, 6) is -1.74. The molecule has 0 aliphatic carbocycles. The maximum atomic E-state index is 14.0. The Labute approximate surface area is 235 Å². The highest BCUT2D eigenvalue weighted by Crippen LogP contribution is 2.30. The van der Waals surface area contributed by atoms with Crippen molar-refractivity contribution in [1.82, 2.24) is 10.6 Å². The first-order valence-corrected chi connectivity index (χ1v) is 14.4. The van der Waals surface area contributed by atoms with E-state index in [0.717, 1.165) is 24.0 Å². The molecule has 0 bridgehead atoms. The molecule has 0 radical (unpaired) electrons. The van der Waals surface area contributed by atoms with Crippen molar-refractivity contribution in [2.45, 2.75) is 44.6 Å². The van der Waals surface area contributed by atoms with E-state index in [1.54, 1.807) is 12.1 Å². The normalized spacial score (nSPS) is 13.4. The zero-order chi connectivity index (χ0) is 30.4. The summed E-state index contributed by atoms with van der Waals surface area (Å²) in [6, 6.07) is 13.4. The maximum absolute atomic E-state index is 14.0. The smallest absolute Gasteiger partial charge is 0.416 e. The molecule has 3 rings (SSSR count). The molecule has 8 nitrogen and oxygen atoms in total. The number of phenols is 1. The van der Waals surface area contributed by atoms with Crippen LogP contribution < -0.4 is 15.4 Å². The lowest BCUT2D eigenvalue weighted by molar-refractivity contribution is -0.137. The van der Waals surface area contributed by atoms with Crippen molar-refractivity contribution >= 4 is 21.6 Å². The molecule has 0 saturated heterocycles. The molecule has 2 atom stereocenters. The van der Waals surface area contributed by atoms with Crippen LogP contribution in [0.15, 0.2) is 60.7 Å². The largest absolute Gasteiger partial charge is 0.506 e. The SMILES string of the molecule is C[C@H](Cc1cccc(CC(=O)NCc2ccc(C(F)(F)F)cc2F)c1)NC[C@@H](O)c1ccc(O)c(NS(C)(=O)=O)c1. The van der Waals surface area contributed by atoms with E-state index in [9.17, 15) is 41.0 Å². The summed E-state index contributed by atoms with van der Waals surface area (Å²) in [7, 11) is -3.62. The molecule has 0 aliphatic heterocycles. The van der Waals surface area contributed by atoms with Crippen molar-refractivity contribution in [2.24, 2.45) is 0 Å². The number of nitrogens with one attached hydrogen (secondary N) is 3. The molecule has 13 heteroatoms. The van der Waals surface area contributed by atoms with Crippen LogP contribution >= 0.6 is 0 Å². The molecular weight excluding hydrogens is 566 g/mol. The number of halogens is 4. The third-order valence-corrected chi connectivity index (χ3v) is 6.71. The minimum Gasteiger partial charge on any atom is -0.506 e. The van der Waals surface area contributed by atoms with Gasteiger partial charge in [0.05, 0.1) is 30.0 Å². The number of hydrogen-bond acceptors (Lipinski definition) is 6. The maximum Gasteiger partial charge on any atom is 0.416 e. The van der Waals surface area contributed by atoms with Crippen LogP contribution in [0.1, 0.15) is 40.8 Å². The van der Waals surface area contributed by atoms with Gasteiger partial charge in [0.25, 0.3) is 0 Å². The third-order valence-electron chi connectivity index (χ3n) is 6.11. The molecule has 0 saturated carbocycles. The van der Waals surface area contributed by atoms with Crippen LogP contribution in [-0.2, 0) is 40.4 Å². The Hall–Kier alpha value is -3.68. The van der Waals surface area contributed by atoms with E-state index in [1.807, 2.05) is 19.1 Å². The number of anilines is 1. The van der Waals surface area contributed by atoms with E-state index in [2.05, 4.69) is 15.4 Å². The van der Waals surface area contributed by atoms with Crippen molar-refractivity contribution in [2.75, 3.05) is 17.5 Å². The van der Waals surface area contributed by atoms with Gasteiger partial charge in [-0.15, -0.1) is 0 Å². The van der Waals surface area contributed by atoms with Gasteiger partial charge in [-0.05, 0) is 54.3 Å². The number of carbonyl (C=O) groups excluding carboxylic acids is 1. The zero-order valence-corrected chi connectivity index (χ0v) is 23.1. The number of aliphatic hydroxyl groups is 1. The van der Waals surface area contributed by atoms with Gasteiger partial charge >= 0.3 is 6.18 Å². The Morgan fingerprint density at radius 2 is 1.73 bits per heavy atom. The van der Waals surface area contributed by atoms with Gasteiger partial charge in [-0.3, -0.25) is 9.52 Å². The summed E-state index contributed by atoms with van der Waals surface area (Å²) in [6.07, 6.45) is -4.15. The number of aromatic hydroxyl groups is 1. The second kappa shape index (κ2) is 13.3. The zero-order valence-electron chi connectivity index (χ0n) is 22.3. The average molecular weight is 598 g/mol. The quantitative estimate of drug-likeness (QED) is 0.159. The standard InChI is InChI=1S/C28H31F4N3O5S/c1-17(33-16-26(37)20-7-9-25(36)24(13-20)35-41(2,39)40)10-18-4-3-5-19(11-18)12-27(38)34-15-21-6-8-22(14-23(21)29)28(30,31)32/h3-9,11,13-14,17,26,33,35-37H,10,12,15-16H2,1-2H3,(H,34,38)/t17-,26-/m1/s1. The van der Waals surface area contributed by atoms with Crippen LogP contribution in [0.25, 0.3) is 0 Å². The number of phenolic OH excluding ortho intramolecular Hbond substituents is 1. The molecule has 3 aromatic carbocycles. The fourth-order valence-corrected chi connectivity index (χ4v) is 4.64. The van der Waals surface area contributed by atoms with Crippen LogP contribution in [0.2, 0.25) is 0 Å². The molecule has 3 aromatic rings. The number of hydrogen-bond donors (Lipinski definition) is 5. The minimum atomic E-state index is -4.66. The fraction of sp³-hybridized carbons (Fsp3) is 0.321. The Morgan fingerprint density at radius 1 is 1.02 bits per heavy atom. The Morgan fingerprint density at radius 3 is 2.39 bits per heavy atom. The predicted molar refractivity (Wildman–Crippen MR) is 146 cm³/mol. The molecule has 0 unspecified atom stereocenters. The second-order valence-electron chi connectivity index (χ2n) is 9.76. The highest BCUT2D eigenvalue weighted by atomic mass is 32.2. The van der Waals surface area contributed by atoms with Gasteiger partial charge < -0.3 is 20.8 Å². The lowest BCUT2D eigenvalue weighted by Gasteiger charge is -2.19. The molecule has 0 spiro atoms. The highest BCUT2D eigenvalue weighted by Gasteiger charge is 2.31. The Kier molecular flexibility index (Phi) is 10.3. The van der Waals surface area contributed by atoms with E-state index >= 15 is 0 Å². The summed E-state index contributed by atoms with van der Waals surface area (Å²) >= 11 is 0. The summed E-state index contributed by atoms with van der Waals surface area (Å²) in [5.41, 5.74) is 0.798. The van der Waals surface area contributed by atoms with Crippen LogP contribution in [0.5, 0.6) is 5.75 Å². The third kappa shape index (κ3) is 10.0. The first-order valence-electron chi connectivity index (χ1n) is 12.5. The molecular formula is C28H31F4N3O5S. The molecule has 0 heterocycles.